The zero-order valence-corrected chi connectivity index (χ0v) is 30.7. The van der Waals surface area contributed by atoms with Crippen molar-refractivity contribution in [2.75, 3.05) is 4.90 Å². The second-order valence-electron chi connectivity index (χ2n) is 14.7. The molecule has 0 aliphatic rings. The minimum absolute atomic E-state index is 0.577. The van der Waals surface area contributed by atoms with Gasteiger partial charge in [0.2, 0.25) is 5.89 Å². The first-order chi connectivity index (χ1) is 28.2. The Hall–Kier alpha value is -7.69. The molecule has 0 radical (unpaired) electrons. The molecule has 0 spiro atoms. The molecule has 0 unspecified atom stereocenters. The lowest BCUT2D eigenvalue weighted by Crippen LogP contribution is -2.11. The fraction of sp³-hybridized carbons (Fsp3) is 0. The van der Waals surface area contributed by atoms with Gasteiger partial charge in [-0.25, -0.2) is 4.98 Å². The van der Waals surface area contributed by atoms with Gasteiger partial charge in [-0.3, -0.25) is 0 Å². The maximum absolute atomic E-state index is 6.71. The number of benzene rings is 10. The van der Waals surface area contributed by atoms with E-state index >= 15 is 0 Å². The third-order valence-corrected chi connectivity index (χ3v) is 11.5. The molecule has 2 heterocycles. The summed E-state index contributed by atoms with van der Waals surface area (Å²) < 4.78 is 13.3. The molecule has 0 fully saturated rings. The number of para-hydroxylation sites is 1. The summed E-state index contributed by atoms with van der Waals surface area (Å²) in [7, 11) is 0. The third-order valence-electron chi connectivity index (χ3n) is 11.5. The maximum atomic E-state index is 6.71. The normalized spacial score (nSPS) is 11.9. The third kappa shape index (κ3) is 4.98. The Bertz CT molecular complexity index is 3540. The second-order valence-corrected chi connectivity index (χ2v) is 14.7. The summed E-state index contributed by atoms with van der Waals surface area (Å²) in [6.45, 7) is 0. The number of fused-ring (bicyclic) bond motifs is 11. The smallest absolute Gasteiger partial charge is 0.228 e. The van der Waals surface area contributed by atoms with Crippen molar-refractivity contribution in [3.8, 4) is 22.6 Å². The largest absolute Gasteiger partial charge is 0.456 e. The van der Waals surface area contributed by atoms with E-state index in [0.29, 0.717) is 5.89 Å². The van der Waals surface area contributed by atoms with Gasteiger partial charge in [0.25, 0.3) is 0 Å². The molecule has 2 aromatic heterocycles. The van der Waals surface area contributed by atoms with E-state index in [1.807, 2.05) is 30.3 Å². The molecule has 57 heavy (non-hydrogen) atoms. The highest BCUT2D eigenvalue weighted by molar-refractivity contribution is 6.18. The topological polar surface area (TPSA) is 42.4 Å². The molecular formula is C53H32N2O2. The minimum atomic E-state index is 0.577. The number of oxazole rings is 1. The number of furan rings is 1. The van der Waals surface area contributed by atoms with Crippen molar-refractivity contribution in [3.63, 3.8) is 0 Å². The van der Waals surface area contributed by atoms with E-state index in [1.54, 1.807) is 0 Å². The fourth-order valence-electron chi connectivity index (χ4n) is 8.81. The first kappa shape index (κ1) is 31.6. The van der Waals surface area contributed by atoms with Crippen LogP contribution in [0, 0.1) is 0 Å². The van der Waals surface area contributed by atoms with E-state index in [2.05, 4.69) is 169 Å². The molecule has 0 saturated carbocycles. The van der Waals surface area contributed by atoms with Crippen molar-refractivity contribution in [2.45, 2.75) is 0 Å². The first-order valence-corrected chi connectivity index (χ1v) is 19.3. The van der Waals surface area contributed by atoms with E-state index in [0.717, 1.165) is 77.6 Å². The van der Waals surface area contributed by atoms with Crippen LogP contribution in [-0.2, 0) is 0 Å². The van der Waals surface area contributed by atoms with Crippen molar-refractivity contribution in [1.29, 1.82) is 0 Å². The molecule has 0 aliphatic heterocycles. The van der Waals surface area contributed by atoms with Gasteiger partial charge in [-0.1, -0.05) is 140 Å². The van der Waals surface area contributed by atoms with Crippen LogP contribution in [0.15, 0.2) is 203 Å². The number of hydrogen-bond donors (Lipinski definition) is 0. The lowest BCUT2D eigenvalue weighted by molar-refractivity contribution is 0.623. The van der Waals surface area contributed by atoms with Crippen LogP contribution < -0.4 is 4.90 Å². The van der Waals surface area contributed by atoms with Gasteiger partial charge < -0.3 is 13.7 Å². The zero-order valence-electron chi connectivity index (χ0n) is 30.7. The van der Waals surface area contributed by atoms with Crippen molar-refractivity contribution < 1.29 is 8.83 Å². The Morgan fingerprint density at radius 3 is 1.89 bits per heavy atom. The Labute approximate surface area is 327 Å². The molecule has 0 N–H and O–H groups in total. The minimum Gasteiger partial charge on any atom is -0.456 e. The van der Waals surface area contributed by atoms with Crippen molar-refractivity contribution in [2.24, 2.45) is 0 Å². The summed E-state index contributed by atoms with van der Waals surface area (Å²) in [4.78, 5) is 7.34. The molecule has 0 bridgehead atoms. The van der Waals surface area contributed by atoms with Crippen molar-refractivity contribution >= 4 is 93.2 Å². The van der Waals surface area contributed by atoms with Crippen LogP contribution in [0.25, 0.3) is 98.7 Å². The van der Waals surface area contributed by atoms with Gasteiger partial charge in [-0.05, 0) is 91.8 Å². The molecule has 10 aromatic carbocycles. The summed E-state index contributed by atoms with van der Waals surface area (Å²) >= 11 is 0. The molecule has 4 heteroatoms. The summed E-state index contributed by atoms with van der Waals surface area (Å²) in [5.74, 6) is 0.577. The molecule has 0 atom stereocenters. The lowest BCUT2D eigenvalue weighted by Gasteiger charge is -2.28. The standard InChI is InChI=1S/C53H32N2O2/c1-2-11-33(12-3-1)40-16-8-9-19-48(40)55(37-25-21-36-23-27-42-39-15-6-4-13-34(39)22-28-43(42)46(36)31-37)38-26-29-44-50(32-38)56-49-20-10-18-45(51(44)49)53-54-47-30-24-35-14-5-7-17-41(35)52(47)57-53/h1-32H. The summed E-state index contributed by atoms with van der Waals surface area (Å²) in [6, 6.07) is 68.8. The summed E-state index contributed by atoms with van der Waals surface area (Å²) in [5, 5.41) is 11.5. The average Bonchev–Trinajstić information content (AvgIpc) is 3.89. The van der Waals surface area contributed by atoms with Gasteiger partial charge >= 0.3 is 0 Å². The highest BCUT2D eigenvalue weighted by atomic mass is 16.3. The summed E-state index contributed by atoms with van der Waals surface area (Å²) in [6.07, 6.45) is 0. The molecular weight excluding hydrogens is 697 g/mol. The van der Waals surface area contributed by atoms with Gasteiger partial charge in [0.05, 0.1) is 5.69 Å². The van der Waals surface area contributed by atoms with E-state index in [9.17, 15) is 0 Å². The number of hydrogen-bond acceptors (Lipinski definition) is 4. The van der Waals surface area contributed by atoms with Gasteiger partial charge in [0.15, 0.2) is 5.58 Å². The Morgan fingerprint density at radius 2 is 1.02 bits per heavy atom. The first-order valence-electron chi connectivity index (χ1n) is 19.3. The predicted octanol–water partition coefficient (Wildman–Crippen LogP) is 15.1. The zero-order chi connectivity index (χ0) is 37.5. The number of rotatable bonds is 5. The monoisotopic (exact) mass is 728 g/mol. The SMILES string of the molecule is c1ccc(-c2ccccc2N(c2ccc3c(c2)oc2cccc(-c4nc5ccc6ccccc6c5o4)c23)c2ccc3ccc4c5ccccc5ccc4c3c2)cc1. The van der Waals surface area contributed by atoms with Crippen LogP contribution in [0.1, 0.15) is 0 Å². The molecule has 0 aliphatic carbocycles. The van der Waals surface area contributed by atoms with Crippen molar-refractivity contribution in [3.05, 3.63) is 194 Å². The summed E-state index contributed by atoms with van der Waals surface area (Å²) in [5.41, 5.74) is 9.51. The fourth-order valence-corrected chi connectivity index (χ4v) is 8.81. The van der Waals surface area contributed by atoms with E-state index < -0.39 is 0 Å². The molecule has 266 valence electrons. The van der Waals surface area contributed by atoms with E-state index in [-0.39, 0.29) is 0 Å². The Kier molecular flexibility index (Phi) is 6.89. The van der Waals surface area contributed by atoms with Gasteiger partial charge in [-0.2, -0.15) is 0 Å². The Morgan fingerprint density at radius 1 is 0.386 bits per heavy atom. The van der Waals surface area contributed by atoms with Crippen LogP contribution in [-0.4, -0.2) is 4.98 Å². The Balaban J connectivity index is 1.07. The number of anilines is 3. The maximum Gasteiger partial charge on any atom is 0.228 e. The molecule has 0 amide bonds. The number of aromatic nitrogens is 1. The van der Waals surface area contributed by atoms with Crippen LogP contribution in [0.4, 0.5) is 17.1 Å². The highest BCUT2D eigenvalue weighted by Crippen LogP contribution is 2.45. The lowest BCUT2D eigenvalue weighted by atomic mass is 9.96. The highest BCUT2D eigenvalue weighted by Gasteiger charge is 2.22. The van der Waals surface area contributed by atoms with E-state index in [1.165, 1.54) is 32.3 Å². The molecule has 0 saturated heterocycles. The van der Waals surface area contributed by atoms with Crippen LogP contribution in [0.2, 0.25) is 0 Å². The molecule has 4 nitrogen and oxygen atoms in total. The van der Waals surface area contributed by atoms with Gasteiger partial charge in [-0.15, -0.1) is 0 Å². The van der Waals surface area contributed by atoms with Crippen LogP contribution >= 0.6 is 0 Å². The molecule has 12 rings (SSSR count). The molecule has 12 aromatic rings. The predicted molar refractivity (Wildman–Crippen MR) is 237 cm³/mol. The van der Waals surface area contributed by atoms with Crippen LogP contribution in [0.5, 0.6) is 0 Å². The van der Waals surface area contributed by atoms with Gasteiger partial charge in [0, 0.05) is 44.7 Å². The number of nitrogens with zero attached hydrogens (tertiary/aromatic N) is 2. The van der Waals surface area contributed by atoms with Crippen molar-refractivity contribution in [1.82, 2.24) is 4.98 Å². The van der Waals surface area contributed by atoms with Gasteiger partial charge in [0.1, 0.15) is 16.7 Å². The van der Waals surface area contributed by atoms with E-state index in [4.69, 9.17) is 13.8 Å². The quantitative estimate of drug-likeness (QED) is 0.166. The van der Waals surface area contributed by atoms with Crippen LogP contribution in [0.3, 0.4) is 0 Å². The average molecular weight is 729 g/mol. The second kappa shape index (κ2) is 12.4.